The van der Waals surface area contributed by atoms with Gasteiger partial charge in [-0.2, -0.15) is 0 Å². The van der Waals surface area contributed by atoms with E-state index in [1.165, 1.54) is 30.6 Å². The lowest BCUT2D eigenvalue weighted by Gasteiger charge is -2.24. The summed E-state index contributed by atoms with van der Waals surface area (Å²) in [6.07, 6.45) is 11.0. The first-order valence-electron chi connectivity index (χ1n) is 8.06. The highest BCUT2D eigenvalue weighted by Crippen LogP contribution is 2.36. The number of nitrogens with one attached hydrogen (secondary N) is 1. The molecule has 1 atom stereocenters. The minimum absolute atomic E-state index is 0.283. The topological polar surface area (TPSA) is 21.3 Å². The highest BCUT2D eigenvalue weighted by atomic mass is 32.1. The van der Waals surface area contributed by atoms with Gasteiger partial charge < -0.3 is 10.1 Å². The van der Waals surface area contributed by atoms with Gasteiger partial charge in [0.05, 0.1) is 12.6 Å². The van der Waals surface area contributed by atoms with Gasteiger partial charge in [0.15, 0.2) is 0 Å². The van der Waals surface area contributed by atoms with Gasteiger partial charge in [-0.3, -0.25) is 0 Å². The van der Waals surface area contributed by atoms with Crippen LogP contribution in [0.5, 0.6) is 0 Å². The van der Waals surface area contributed by atoms with Crippen LogP contribution < -0.4 is 5.32 Å². The van der Waals surface area contributed by atoms with E-state index in [0.717, 1.165) is 38.2 Å². The lowest BCUT2D eigenvalue weighted by atomic mass is 9.98. The van der Waals surface area contributed by atoms with Crippen LogP contribution in [0, 0.1) is 0 Å². The van der Waals surface area contributed by atoms with Gasteiger partial charge >= 0.3 is 0 Å². The van der Waals surface area contributed by atoms with Crippen molar-refractivity contribution < 1.29 is 4.74 Å². The maximum Gasteiger partial charge on any atom is 0.114 e. The third kappa shape index (κ3) is 3.09. The van der Waals surface area contributed by atoms with E-state index in [2.05, 4.69) is 24.4 Å². The van der Waals surface area contributed by atoms with Crippen molar-refractivity contribution in [2.24, 2.45) is 0 Å². The predicted octanol–water partition coefficient (Wildman–Crippen LogP) is 4.36. The zero-order chi connectivity index (χ0) is 13.8. The maximum absolute atomic E-state index is 5.93. The molecule has 2 aliphatic rings. The molecule has 1 aliphatic carbocycles. The third-order valence-corrected chi connectivity index (χ3v) is 5.45. The molecule has 2 heterocycles. The van der Waals surface area contributed by atoms with E-state index >= 15 is 0 Å². The van der Waals surface area contributed by atoms with Crippen molar-refractivity contribution in [3.05, 3.63) is 33.2 Å². The van der Waals surface area contributed by atoms with Crippen molar-refractivity contribution in [2.45, 2.75) is 57.9 Å². The number of hydrogen-bond acceptors (Lipinski definition) is 3. The van der Waals surface area contributed by atoms with Crippen LogP contribution >= 0.6 is 11.3 Å². The number of aryl methyl sites for hydroxylation is 2. The molecule has 0 radical (unpaired) electrons. The Morgan fingerprint density at radius 1 is 1.30 bits per heavy atom. The number of hydrogen-bond donors (Lipinski definition) is 1. The summed E-state index contributed by atoms with van der Waals surface area (Å²) in [6.45, 7) is 4.15. The molecule has 1 aromatic rings. The van der Waals surface area contributed by atoms with Crippen LogP contribution in [0.3, 0.4) is 0 Å². The summed E-state index contributed by atoms with van der Waals surface area (Å²) in [4.78, 5) is 3.07. The van der Waals surface area contributed by atoms with Crippen LogP contribution in [-0.4, -0.2) is 13.2 Å². The van der Waals surface area contributed by atoms with Crippen molar-refractivity contribution in [3.8, 4) is 0 Å². The first kappa shape index (κ1) is 14.2. The van der Waals surface area contributed by atoms with Crippen LogP contribution in [-0.2, 0) is 17.6 Å². The van der Waals surface area contributed by atoms with Crippen LogP contribution in [0.1, 0.15) is 60.4 Å². The standard InChI is InChI=1S/C17H25NOS/c1-2-10-18-17(14-8-5-6-11-19-14)16-12-13-7-3-4-9-15(13)20-16/h8,12,17-18H,2-7,9-11H2,1H3. The second-order valence-electron chi connectivity index (χ2n) is 5.79. The van der Waals surface area contributed by atoms with E-state index in [1.54, 1.807) is 10.4 Å². The molecule has 0 aromatic carbocycles. The summed E-state index contributed by atoms with van der Waals surface area (Å²) in [5.74, 6) is 1.16. The molecule has 3 heteroatoms. The van der Waals surface area contributed by atoms with Crippen LogP contribution in [0.25, 0.3) is 0 Å². The smallest absolute Gasteiger partial charge is 0.114 e. The first-order valence-corrected chi connectivity index (χ1v) is 8.88. The highest BCUT2D eigenvalue weighted by molar-refractivity contribution is 7.12. The van der Waals surface area contributed by atoms with E-state index in [1.807, 2.05) is 11.3 Å². The largest absolute Gasteiger partial charge is 0.496 e. The molecule has 0 fully saturated rings. The first-order chi connectivity index (χ1) is 9.88. The Bertz CT molecular complexity index is 454. The third-order valence-electron chi connectivity index (χ3n) is 4.15. The Kier molecular flexibility index (Phi) is 4.79. The minimum Gasteiger partial charge on any atom is -0.496 e. The Morgan fingerprint density at radius 3 is 2.95 bits per heavy atom. The normalized spacial score (nSPS) is 19.9. The van der Waals surface area contributed by atoms with Gasteiger partial charge in [0.2, 0.25) is 0 Å². The summed E-state index contributed by atoms with van der Waals surface area (Å²) in [5, 5.41) is 3.68. The quantitative estimate of drug-likeness (QED) is 0.870. The van der Waals surface area contributed by atoms with Crippen LogP contribution in [0.2, 0.25) is 0 Å². The fourth-order valence-electron chi connectivity index (χ4n) is 3.06. The maximum atomic E-state index is 5.93. The molecule has 1 N–H and O–H groups in total. The van der Waals surface area contributed by atoms with Crippen LogP contribution in [0.15, 0.2) is 17.9 Å². The Morgan fingerprint density at radius 2 is 2.20 bits per heavy atom. The zero-order valence-electron chi connectivity index (χ0n) is 12.4. The van der Waals surface area contributed by atoms with Gasteiger partial charge in [-0.1, -0.05) is 6.92 Å². The summed E-state index contributed by atoms with van der Waals surface area (Å²) >= 11 is 2.00. The molecule has 0 saturated heterocycles. The molecular weight excluding hydrogens is 266 g/mol. The molecule has 110 valence electrons. The summed E-state index contributed by atoms with van der Waals surface area (Å²) in [7, 11) is 0. The zero-order valence-corrected chi connectivity index (χ0v) is 13.2. The lowest BCUT2D eigenvalue weighted by Crippen LogP contribution is -2.25. The molecule has 1 aliphatic heterocycles. The molecule has 20 heavy (non-hydrogen) atoms. The predicted molar refractivity (Wildman–Crippen MR) is 85.3 cm³/mol. The van der Waals surface area contributed by atoms with Gasteiger partial charge in [0, 0.05) is 9.75 Å². The molecule has 0 amide bonds. The van der Waals surface area contributed by atoms with Gasteiger partial charge in [0.25, 0.3) is 0 Å². The highest BCUT2D eigenvalue weighted by Gasteiger charge is 2.23. The second-order valence-corrected chi connectivity index (χ2v) is 6.96. The number of allylic oxidation sites excluding steroid dienone is 1. The monoisotopic (exact) mass is 291 g/mol. The van der Waals surface area contributed by atoms with Gasteiger partial charge in [0.1, 0.15) is 5.76 Å². The molecule has 1 unspecified atom stereocenters. The minimum atomic E-state index is 0.283. The van der Waals surface area contributed by atoms with Crippen molar-refractivity contribution in [3.63, 3.8) is 0 Å². The van der Waals surface area contributed by atoms with Crippen molar-refractivity contribution in [1.29, 1.82) is 0 Å². The van der Waals surface area contributed by atoms with Crippen molar-refractivity contribution >= 4 is 11.3 Å². The van der Waals surface area contributed by atoms with E-state index in [9.17, 15) is 0 Å². The van der Waals surface area contributed by atoms with Crippen LogP contribution in [0.4, 0.5) is 0 Å². The summed E-state index contributed by atoms with van der Waals surface area (Å²) in [5.41, 5.74) is 1.59. The average Bonchev–Trinajstić information content (AvgIpc) is 2.92. The van der Waals surface area contributed by atoms with Gasteiger partial charge in [-0.05, 0) is 69.2 Å². The Hall–Kier alpha value is -0.800. The van der Waals surface area contributed by atoms with Crippen molar-refractivity contribution in [2.75, 3.05) is 13.2 Å². The molecular formula is C17H25NOS. The summed E-state index contributed by atoms with van der Waals surface area (Å²) < 4.78 is 5.93. The number of rotatable bonds is 5. The Balaban J connectivity index is 1.83. The van der Waals surface area contributed by atoms with Gasteiger partial charge in [-0.15, -0.1) is 11.3 Å². The SMILES string of the molecule is CCCNC(C1=CCCCO1)c1cc2c(s1)CCCC2. The molecule has 0 bridgehead atoms. The molecule has 0 spiro atoms. The fraction of sp³-hybridized carbons (Fsp3) is 0.647. The lowest BCUT2D eigenvalue weighted by molar-refractivity contribution is 0.168. The molecule has 1 aromatic heterocycles. The van der Waals surface area contributed by atoms with E-state index < -0.39 is 0 Å². The van der Waals surface area contributed by atoms with E-state index in [4.69, 9.17) is 4.74 Å². The number of ether oxygens (including phenoxy) is 1. The number of fused-ring (bicyclic) bond motifs is 1. The number of thiophene rings is 1. The molecule has 0 saturated carbocycles. The molecule has 2 nitrogen and oxygen atoms in total. The average molecular weight is 291 g/mol. The fourth-order valence-corrected chi connectivity index (χ4v) is 4.41. The Labute approximate surface area is 126 Å². The second kappa shape index (κ2) is 6.77. The van der Waals surface area contributed by atoms with Crippen molar-refractivity contribution in [1.82, 2.24) is 5.32 Å². The van der Waals surface area contributed by atoms with Gasteiger partial charge in [-0.25, -0.2) is 0 Å². The van der Waals surface area contributed by atoms with E-state index in [-0.39, 0.29) is 6.04 Å². The molecule has 3 rings (SSSR count). The van der Waals surface area contributed by atoms with E-state index in [0.29, 0.717) is 0 Å². The summed E-state index contributed by atoms with van der Waals surface area (Å²) in [6, 6.07) is 2.72.